The van der Waals surface area contributed by atoms with E-state index in [-0.39, 0.29) is 18.4 Å². The minimum absolute atomic E-state index is 0.229. The van der Waals surface area contributed by atoms with Gasteiger partial charge in [0.15, 0.2) is 0 Å². The van der Waals surface area contributed by atoms with E-state index in [2.05, 4.69) is 0 Å². The molecule has 1 aliphatic heterocycles. The Morgan fingerprint density at radius 1 is 1.00 bits per heavy atom. The van der Waals surface area contributed by atoms with E-state index in [1.54, 1.807) is 9.80 Å². The van der Waals surface area contributed by atoms with Crippen molar-refractivity contribution >= 4 is 11.8 Å². The van der Waals surface area contributed by atoms with Gasteiger partial charge < -0.3 is 14.9 Å². The maximum Gasteiger partial charge on any atom is 0.312 e. The van der Waals surface area contributed by atoms with Gasteiger partial charge in [-0.05, 0) is 19.8 Å². The molecular weight excluding hydrogens is 220 g/mol. The number of hydrogen-bond acceptors (Lipinski definition) is 3. The smallest absolute Gasteiger partial charge is 0.312 e. The van der Waals surface area contributed by atoms with Crippen LogP contribution >= 0.6 is 0 Å². The number of aliphatic hydroxyl groups is 1. The predicted octanol–water partition coefficient (Wildman–Crippen LogP) is 0.230. The Kier molecular flexibility index (Phi) is 5.97. The molecule has 5 nitrogen and oxygen atoms in total. The second-order valence-corrected chi connectivity index (χ2v) is 4.31. The molecule has 0 radical (unpaired) electrons. The molecule has 0 unspecified atom stereocenters. The van der Waals surface area contributed by atoms with E-state index < -0.39 is 0 Å². The first kappa shape index (κ1) is 14.0. The van der Waals surface area contributed by atoms with Crippen LogP contribution in [0.15, 0.2) is 0 Å². The highest BCUT2D eigenvalue weighted by atomic mass is 16.3. The van der Waals surface area contributed by atoms with Crippen molar-refractivity contribution < 1.29 is 14.7 Å². The maximum atomic E-state index is 11.7. The average molecular weight is 242 g/mol. The average Bonchev–Trinajstić information content (AvgIpc) is 2.34. The highest BCUT2D eigenvalue weighted by molar-refractivity contribution is 6.35. The van der Waals surface area contributed by atoms with Gasteiger partial charge in [0.2, 0.25) is 0 Å². The number of piperazine rings is 1. The fourth-order valence-corrected chi connectivity index (χ4v) is 2.00. The van der Waals surface area contributed by atoms with Gasteiger partial charge >= 0.3 is 11.8 Å². The summed E-state index contributed by atoms with van der Waals surface area (Å²) >= 11 is 0. The second kappa shape index (κ2) is 7.27. The molecule has 2 amide bonds. The van der Waals surface area contributed by atoms with Gasteiger partial charge in [0.25, 0.3) is 0 Å². The Morgan fingerprint density at radius 2 is 1.59 bits per heavy atom. The summed E-state index contributed by atoms with van der Waals surface area (Å²) in [5.41, 5.74) is 0. The fraction of sp³-hybridized carbons (Fsp3) is 0.833. The van der Waals surface area contributed by atoms with Crippen LogP contribution in [0, 0.1) is 0 Å². The zero-order valence-corrected chi connectivity index (χ0v) is 10.5. The van der Waals surface area contributed by atoms with Gasteiger partial charge in [-0.1, -0.05) is 12.8 Å². The lowest BCUT2D eigenvalue weighted by atomic mass is 10.2. The summed E-state index contributed by atoms with van der Waals surface area (Å²) in [5, 5.41) is 8.63. The van der Waals surface area contributed by atoms with E-state index in [0.717, 1.165) is 25.7 Å². The minimum atomic E-state index is -0.367. The fourth-order valence-electron chi connectivity index (χ4n) is 2.00. The molecule has 1 saturated heterocycles. The molecule has 1 rings (SSSR count). The largest absolute Gasteiger partial charge is 0.396 e. The minimum Gasteiger partial charge on any atom is -0.396 e. The monoisotopic (exact) mass is 242 g/mol. The van der Waals surface area contributed by atoms with Crippen LogP contribution in [0.5, 0.6) is 0 Å². The van der Waals surface area contributed by atoms with Gasteiger partial charge in [-0.2, -0.15) is 0 Å². The number of amides is 2. The molecule has 0 bridgehead atoms. The van der Waals surface area contributed by atoms with E-state index >= 15 is 0 Å². The van der Waals surface area contributed by atoms with Crippen molar-refractivity contribution in [2.24, 2.45) is 0 Å². The summed E-state index contributed by atoms with van der Waals surface area (Å²) in [6.07, 6.45) is 3.70. The lowest BCUT2D eigenvalue weighted by molar-refractivity contribution is -0.155. The van der Waals surface area contributed by atoms with Crippen LogP contribution < -0.4 is 0 Å². The first-order chi connectivity index (χ1) is 8.20. The summed E-state index contributed by atoms with van der Waals surface area (Å²) in [6.45, 7) is 4.68. The second-order valence-electron chi connectivity index (χ2n) is 4.31. The summed E-state index contributed by atoms with van der Waals surface area (Å²) < 4.78 is 0. The molecule has 1 aliphatic rings. The Bertz CT molecular complexity index is 268. The molecule has 98 valence electrons. The predicted molar refractivity (Wildman–Crippen MR) is 64.4 cm³/mol. The number of carbonyl (C=O) groups excluding carboxylic acids is 2. The number of unbranched alkanes of at least 4 members (excludes halogenated alkanes) is 3. The number of carbonyl (C=O) groups is 2. The van der Waals surface area contributed by atoms with Crippen molar-refractivity contribution in [2.45, 2.75) is 32.6 Å². The topological polar surface area (TPSA) is 60.9 Å². The van der Waals surface area contributed by atoms with Crippen molar-refractivity contribution in [1.82, 2.24) is 9.80 Å². The molecule has 5 heteroatoms. The Labute approximate surface area is 102 Å². The Hall–Kier alpha value is -1.10. The van der Waals surface area contributed by atoms with Crippen LogP contribution in [0.2, 0.25) is 0 Å². The lowest BCUT2D eigenvalue weighted by Crippen LogP contribution is -2.54. The summed E-state index contributed by atoms with van der Waals surface area (Å²) in [4.78, 5) is 26.5. The molecule has 1 heterocycles. The molecule has 0 saturated carbocycles. The van der Waals surface area contributed by atoms with Gasteiger partial charge in [0, 0.05) is 32.8 Å². The lowest BCUT2D eigenvalue weighted by Gasteiger charge is -2.33. The molecule has 1 fully saturated rings. The third kappa shape index (κ3) is 4.00. The first-order valence-corrected chi connectivity index (χ1v) is 6.39. The van der Waals surface area contributed by atoms with Crippen LogP contribution in [0.3, 0.4) is 0 Å². The molecular formula is C12H22N2O3. The van der Waals surface area contributed by atoms with Crippen molar-refractivity contribution in [3.05, 3.63) is 0 Å². The normalized spacial score (nSPS) is 16.8. The number of nitrogens with zero attached hydrogens (tertiary/aromatic N) is 2. The zero-order chi connectivity index (χ0) is 12.7. The van der Waals surface area contributed by atoms with Crippen LogP contribution in [-0.4, -0.2) is 59.5 Å². The molecule has 0 aromatic rings. The van der Waals surface area contributed by atoms with Crippen LogP contribution in [0.4, 0.5) is 0 Å². The first-order valence-electron chi connectivity index (χ1n) is 6.39. The third-order valence-corrected chi connectivity index (χ3v) is 3.12. The van der Waals surface area contributed by atoms with Crippen LogP contribution in [-0.2, 0) is 9.59 Å². The van der Waals surface area contributed by atoms with Gasteiger partial charge in [-0.25, -0.2) is 0 Å². The van der Waals surface area contributed by atoms with E-state index in [4.69, 9.17) is 5.11 Å². The summed E-state index contributed by atoms with van der Waals surface area (Å²) in [5.74, 6) is -0.727. The van der Waals surface area contributed by atoms with E-state index in [9.17, 15) is 9.59 Å². The summed E-state index contributed by atoms with van der Waals surface area (Å²) in [6, 6.07) is 0. The zero-order valence-electron chi connectivity index (χ0n) is 10.5. The van der Waals surface area contributed by atoms with Crippen molar-refractivity contribution in [1.29, 1.82) is 0 Å². The third-order valence-electron chi connectivity index (χ3n) is 3.12. The van der Waals surface area contributed by atoms with Gasteiger partial charge in [0.1, 0.15) is 0 Å². The van der Waals surface area contributed by atoms with Gasteiger partial charge in [-0.3, -0.25) is 9.59 Å². The van der Waals surface area contributed by atoms with Crippen LogP contribution in [0.25, 0.3) is 0 Å². The molecule has 0 spiro atoms. The molecule has 0 aliphatic carbocycles. The standard InChI is InChI=1S/C12H22N2O3/c1-2-13-8-9-14(12(17)11(13)16)7-5-3-4-6-10-15/h15H,2-10H2,1H3. The molecule has 0 aromatic heterocycles. The van der Waals surface area contributed by atoms with Crippen molar-refractivity contribution in [2.75, 3.05) is 32.8 Å². The molecule has 17 heavy (non-hydrogen) atoms. The molecule has 0 atom stereocenters. The van der Waals surface area contributed by atoms with Gasteiger partial charge in [-0.15, -0.1) is 0 Å². The highest BCUT2D eigenvalue weighted by Gasteiger charge is 2.30. The number of likely N-dealkylation sites (N-methyl/N-ethyl adjacent to an activating group) is 1. The number of rotatable bonds is 7. The maximum absolute atomic E-state index is 11.7. The Morgan fingerprint density at radius 3 is 2.24 bits per heavy atom. The number of aliphatic hydroxyl groups excluding tert-OH is 1. The molecule has 1 N–H and O–H groups in total. The van der Waals surface area contributed by atoms with E-state index in [0.29, 0.717) is 26.2 Å². The van der Waals surface area contributed by atoms with E-state index in [1.165, 1.54) is 0 Å². The summed E-state index contributed by atoms with van der Waals surface area (Å²) in [7, 11) is 0. The molecule has 0 aromatic carbocycles. The van der Waals surface area contributed by atoms with Crippen LogP contribution in [0.1, 0.15) is 32.6 Å². The van der Waals surface area contributed by atoms with Crippen molar-refractivity contribution in [3.63, 3.8) is 0 Å². The number of hydrogen-bond donors (Lipinski definition) is 1. The highest BCUT2D eigenvalue weighted by Crippen LogP contribution is 2.07. The van der Waals surface area contributed by atoms with E-state index in [1.807, 2.05) is 6.92 Å². The van der Waals surface area contributed by atoms with Crippen molar-refractivity contribution in [3.8, 4) is 0 Å². The van der Waals surface area contributed by atoms with Gasteiger partial charge in [0.05, 0.1) is 0 Å². The SMILES string of the molecule is CCN1CCN(CCCCCCO)C(=O)C1=O. The Balaban J connectivity index is 2.26. The quantitative estimate of drug-likeness (QED) is 0.513.